The summed E-state index contributed by atoms with van der Waals surface area (Å²) < 4.78 is 18.4. The molecule has 1 saturated heterocycles. The Morgan fingerprint density at radius 2 is 2.27 bits per heavy atom. The van der Waals surface area contributed by atoms with E-state index in [0.717, 1.165) is 18.4 Å². The summed E-state index contributed by atoms with van der Waals surface area (Å²) >= 11 is 0. The largest absolute Gasteiger partial charge is 0.394 e. The molecule has 1 aromatic carbocycles. The zero-order valence-electron chi connectivity index (χ0n) is 8.53. The van der Waals surface area contributed by atoms with Gasteiger partial charge < -0.3 is 9.84 Å². The molecule has 1 heterocycles. The maximum atomic E-state index is 13.0. The molecule has 0 aromatic heterocycles. The summed E-state index contributed by atoms with van der Waals surface area (Å²) in [5.41, 5.74) is 0.992. The molecule has 0 bridgehead atoms. The summed E-state index contributed by atoms with van der Waals surface area (Å²) in [5, 5.41) is 8.91. The SMILES string of the molecule is OCC1CCC(c2cccc(F)c2)CO1. The van der Waals surface area contributed by atoms with Gasteiger partial charge in [-0.15, -0.1) is 0 Å². The highest BCUT2D eigenvalue weighted by Gasteiger charge is 2.22. The molecular weight excluding hydrogens is 195 g/mol. The number of hydrogen-bond acceptors (Lipinski definition) is 2. The molecule has 15 heavy (non-hydrogen) atoms. The number of aliphatic hydroxyl groups excluding tert-OH is 1. The first-order valence-electron chi connectivity index (χ1n) is 5.27. The van der Waals surface area contributed by atoms with E-state index in [1.54, 1.807) is 12.1 Å². The first kappa shape index (κ1) is 10.6. The van der Waals surface area contributed by atoms with Crippen LogP contribution in [0.1, 0.15) is 24.3 Å². The van der Waals surface area contributed by atoms with Crippen molar-refractivity contribution in [2.75, 3.05) is 13.2 Å². The standard InChI is InChI=1S/C12H15FO2/c13-11-3-1-2-9(6-11)10-4-5-12(7-14)15-8-10/h1-3,6,10,12,14H,4-5,7-8H2. The summed E-state index contributed by atoms with van der Waals surface area (Å²) in [5.74, 6) is 0.0697. The van der Waals surface area contributed by atoms with Crippen LogP contribution in [-0.2, 0) is 4.74 Å². The summed E-state index contributed by atoms with van der Waals surface area (Å²) in [6.07, 6.45) is 1.77. The number of hydrogen-bond donors (Lipinski definition) is 1. The van der Waals surface area contributed by atoms with Crippen LogP contribution >= 0.6 is 0 Å². The Labute approximate surface area is 88.7 Å². The Morgan fingerprint density at radius 1 is 1.40 bits per heavy atom. The second-order valence-electron chi connectivity index (χ2n) is 3.97. The van der Waals surface area contributed by atoms with E-state index in [4.69, 9.17) is 9.84 Å². The molecule has 0 aliphatic carbocycles. The zero-order valence-corrected chi connectivity index (χ0v) is 8.53. The Bertz CT molecular complexity index is 319. The van der Waals surface area contributed by atoms with Crippen molar-refractivity contribution in [1.82, 2.24) is 0 Å². The van der Waals surface area contributed by atoms with E-state index in [1.165, 1.54) is 6.07 Å². The van der Waals surface area contributed by atoms with Crippen molar-refractivity contribution in [3.05, 3.63) is 35.6 Å². The third kappa shape index (κ3) is 2.55. The lowest BCUT2D eigenvalue weighted by molar-refractivity contribution is -0.0270. The highest BCUT2D eigenvalue weighted by Crippen LogP contribution is 2.28. The predicted octanol–water partition coefficient (Wildman–Crippen LogP) is 2.08. The lowest BCUT2D eigenvalue weighted by atomic mass is 9.91. The minimum absolute atomic E-state index is 0.0326. The van der Waals surface area contributed by atoms with Gasteiger partial charge in [-0.25, -0.2) is 4.39 Å². The summed E-state index contributed by atoms with van der Waals surface area (Å²) in [4.78, 5) is 0. The van der Waals surface area contributed by atoms with Crippen LogP contribution in [-0.4, -0.2) is 24.4 Å². The van der Waals surface area contributed by atoms with E-state index in [9.17, 15) is 4.39 Å². The first-order chi connectivity index (χ1) is 7.29. The number of benzene rings is 1. The fourth-order valence-corrected chi connectivity index (χ4v) is 1.97. The molecule has 2 rings (SSSR count). The average molecular weight is 210 g/mol. The molecule has 82 valence electrons. The topological polar surface area (TPSA) is 29.5 Å². The lowest BCUT2D eigenvalue weighted by Gasteiger charge is -2.28. The monoisotopic (exact) mass is 210 g/mol. The van der Waals surface area contributed by atoms with Crippen molar-refractivity contribution in [2.45, 2.75) is 24.9 Å². The Balaban J connectivity index is 2.01. The molecule has 0 saturated carbocycles. The van der Waals surface area contributed by atoms with Crippen molar-refractivity contribution in [3.8, 4) is 0 Å². The van der Waals surface area contributed by atoms with Crippen LogP contribution in [0.3, 0.4) is 0 Å². The van der Waals surface area contributed by atoms with Crippen molar-refractivity contribution < 1.29 is 14.2 Å². The number of aliphatic hydroxyl groups is 1. The predicted molar refractivity (Wildman–Crippen MR) is 55.2 cm³/mol. The van der Waals surface area contributed by atoms with Gasteiger partial charge in [0.05, 0.1) is 19.3 Å². The highest BCUT2D eigenvalue weighted by atomic mass is 19.1. The molecule has 0 spiro atoms. The van der Waals surface area contributed by atoms with Gasteiger partial charge in [0, 0.05) is 5.92 Å². The summed E-state index contributed by atoms with van der Waals surface area (Å²) in [6.45, 7) is 0.657. The van der Waals surface area contributed by atoms with Crippen LogP contribution in [0.15, 0.2) is 24.3 Å². The second kappa shape index (κ2) is 4.73. The number of halogens is 1. The molecule has 0 amide bonds. The van der Waals surface area contributed by atoms with Gasteiger partial charge in [-0.2, -0.15) is 0 Å². The van der Waals surface area contributed by atoms with E-state index in [0.29, 0.717) is 6.61 Å². The Morgan fingerprint density at radius 3 is 2.87 bits per heavy atom. The second-order valence-corrected chi connectivity index (χ2v) is 3.97. The maximum absolute atomic E-state index is 13.0. The van der Waals surface area contributed by atoms with E-state index in [2.05, 4.69) is 0 Å². The fraction of sp³-hybridized carbons (Fsp3) is 0.500. The number of rotatable bonds is 2. The van der Waals surface area contributed by atoms with Crippen molar-refractivity contribution in [2.24, 2.45) is 0 Å². The summed E-state index contributed by atoms with van der Waals surface area (Å²) in [7, 11) is 0. The van der Waals surface area contributed by atoms with E-state index >= 15 is 0 Å². The van der Waals surface area contributed by atoms with Crippen LogP contribution in [0, 0.1) is 5.82 Å². The van der Waals surface area contributed by atoms with Gasteiger partial charge in [0.2, 0.25) is 0 Å². The first-order valence-corrected chi connectivity index (χ1v) is 5.27. The molecule has 2 unspecified atom stereocenters. The van der Waals surface area contributed by atoms with Gasteiger partial charge in [-0.3, -0.25) is 0 Å². The highest BCUT2D eigenvalue weighted by molar-refractivity contribution is 5.21. The van der Waals surface area contributed by atoms with Crippen molar-refractivity contribution in [1.29, 1.82) is 0 Å². The number of ether oxygens (including phenoxy) is 1. The Hall–Kier alpha value is -0.930. The molecule has 3 heteroatoms. The molecular formula is C12H15FO2. The maximum Gasteiger partial charge on any atom is 0.123 e. The molecule has 1 aromatic rings. The lowest BCUT2D eigenvalue weighted by Crippen LogP contribution is -2.27. The average Bonchev–Trinajstić information content (AvgIpc) is 2.29. The van der Waals surface area contributed by atoms with Crippen LogP contribution in [0.2, 0.25) is 0 Å². The van der Waals surface area contributed by atoms with Crippen molar-refractivity contribution in [3.63, 3.8) is 0 Å². The molecule has 1 aliphatic heterocycles. The minimum Gasteiger partial charge on any atom is -0.394 e. The molecule has 2 atom stereocenters. The van der Waals surface area contributed by atoms with E-state index in [1.807, 2.05) is 6.07 Å². The molecule has 0 radical (unpaired) electrons. The molecule has 1 aliphatic rings. The molecule has 2 nitrogen and oxygen atoms in total. The van der Waals surface area contributed by atoms with Crippen LogP contribution in [0.4, 0.5) is 4.39 Å². The van der Waals surface area contributed by atoms with Crippen LogP contribution in [0.5, 0.6) is 0 Å². The van der Waals surface area contributed by atoms with Gasteiger partial charge in [0.15, 0.2) is 0 Å². The van der Waals surface area contributed by atoms with Crippen molar-refractivity contribution >= 4 is 0 Å². The molecule has 1 fully saturated rings. The summed E-state index contributed by atoms with van der Waals surface area (Å²) in [6, 6.07) is 6.66. The zero-order chi connectivity index (χ0) is 10.7. The smallest absolute Gasteiger partial charge is 0.123 e. The Kier molecular flexibility index (Phi) is 3.34. The van der Waals surface area contributed by atoms with Crippen LogP contribution < -0.4 is 0 Å². The van der Waals surface area contributed by atoms with Gasteiger partial charge >= 0.3 is 0 Å². The van der Waals surface area contributed by atoms with Gasteiger partial charge in [-0.1, -0.05) is 12.1 Å². The van der Waals surface area contributed by atoms with E-state index in [-0.39, 0.29) is 24.4 Å². The van der Waals surface area contributed by atoms with E-state index < -0.39 is 0 Å². The fourth-order valence-electron chi connectivity index (χ4n) is 1.97. The minimum atomic E-state index is -0.197. The van der Waals surface area contributed by atoms with Gasteiger partial charge in [0.25, 0.3) is 0 Å². The van der Waals surface area contributed by atoms with Gasteiger partial charge in [-0.05, 0) is 30.5 Å². The molecule has 1 N–H and O–H groups in total. The van der Waals surface area contributed by atoms with Gasteiger partial charge in [0.1, 0.15) is 5.82 Å². The third-order valence-electron chi connectivity index (χ3n) is 2.89. The third-order valence-corrected chi connectivity index (χ3v) is 2.89. The van der Waals surface area contributed by atoms with Crippen LogP contribution in [0.25, 0.3) is 0 Å². The quantitative estimate of drug-likeness (QED) is 0.809. The normalized spacial score (nSPS) is 26.5.